The molecule has 0 spiro atoms. The Morgan fingerprint density at radius 2 is 1.91 bits per heavy atom. The molecule has 2 rings (SSSR count). The Hall–Kier alpha value is -1.55. The van der Waals surface area contributed by atoms with E-state index in [1.165, 1.54) is 5.56 Å². The lowest BCUT2D eigenvalue weighted by molar-refractivity contribution is 0.132. The monoisotopic (exact) mass is 318 g/mol. The number of amides is 2. The average molecular weight is 318 g/mol. The van der Waals surface area contributed by atoms with E-state index in [0.29, 0.717) is 12.0 Å². The maximum Gasteiger partial charge on any atom is 0.317 e. The zero-order valence-corrected chi connectivity index (χ0v) is 14.4. The van der Waals surface area contributed by atoms with E-state index in [4.69, 9.17) is 0 Å². The van der Waals surface area contributed by atoms with Gasteiger partial charge in [0.1, 0.15) is 0 Å². The summed E-state index contributed by atoms with van der Waals surface area (Å²) in [7, 11) is 1.89. The predicted octanol–water partition coefficient (Wildman–Crippen LogP) is 3.20. The van der Waals surface area contributed by atoms with Crippen LogP contribution in [0.5, 0.6) is 0 Å². The molecule has 1 fully saturated rings. The molecule has 0 heterocycles. The molecule has 0 bridgehead atoms. The summed E-state index contributed by atoms with van der Waals surface area (Å²) < 4.78 is 0. The van der Waals surface area contributed by atoms with Crippen molar-refractivity contribution in [1.29, 1.82) is 0 Å². The molecule has 1 unspecified atom stereocenters. The second-order valence-electron chi connectivity index (χ2n) is 6.84. The molecule has 4 heteroatoms. The van der Waals surface area contributed by atoms with E-state index in [2.05, 4.69) is 36.5 Å². The van der Waals surface area contributed by atoms with Gasteiger partial charge in [-0.25, -0.2) is 4.79 Å². The van der Waals surface area contributed by atoms with Crippen LogP contribution in [0.4, 0.5) is 4.79 Å². The first-order valence-electron chi connectivity index (χ1n) is 8.78. The third-order valence-corrected chi connectivity index (χ3v) is 5.02. The molecule has 0 saturated heterocycles. The lowest BCUT2D eigenvalue weighted by Crippen LogP contribution is -2.47. The highest BCUT2D eigenvalue weighted by atomic mass is 16.3. The number of aliphatic hydroxyl groups is 1. The van der Waals surface area contributed by atoms with Gasteiger partial charge in [0.2, 0.25) is 0 Å². The molecule has 23 heavy (non-hydrogen) atoms. The molecule has 1 saturated carbocycles. The number of rotatable bonds is 6. The molecular weight excluding hydrogens is 288 g/mol. The van der Waals surface area contributed by atoms with Crippen LogP contribution >= 0.6 is 0 Å². The summed E-state index contributed by atoms with van der Waals surface area (Å²) in [6.45, 7) is 2.34. The van der Waals surface area contributed by atoms with Crippen molar-refractivity contribution in [3.63, 3.8) is 0 Å². The maximum atomic E-state index is 12.4. The summed E-state index contributed by atoms with van der Waals surface area (Å²) in [6, 6.07) is 10.9. The van der Waals surface area contributed by atoms with E-state index < -0.39 is 0 Å². The highest BCUT2D eigenvalue weighted by Gasteiger charge is 2.26. The number of aryl methyl sites for hydroxylation is 1. The summed E-state index contributed by atoms with van der Waals surface area (Å²) in [4.78, 5) is 14.2. The largest absolute Gasteiger partial charge is 0.396 e. The van der Waals surface area contributed by atoms with Gasteiger partial charge in [-0.1, -0.05) is 30.3 Å². The molecule has 0 aliphatic heterocycles. The molecule has 2 amide bonds. The first-order chi connectivity index (χ1) is 11.1. The molecule has 1 aliphatic rings. The van der Waals surface area contributed by atoms with Crippen LogP contribution in [-0.4, -0.2) is 41.8 Å². The van der Waals surface area contributed by atoms with Gasteiger partial charge >= 0.3 is 6.03 Å². The third kappa shape index (κ3) is 5.54. The second-order valence-corrected chi connectivity index (χ2v) is 6.84. The van der Waals surface area contributed by atoms with E-state index in [1.807, 2.05) is 18.0 Å². The minimum Gasteiger partial charge on any atom is -0.396 e. The first-order valence-corrected chi connectivity index (χ1v) is 8.78. The third-order valence-electron chi connectivity index (χ3n) is 5.02. The van der Waals surface area contributed by atoms with E-state index in [-0.39, 0.29) is 18.7 Å². The van der Waals surface area contributed by atoms with E-state index >= 15 is 0 Å². The minimum absolute atomic E-state index is 0.0259. The van der Waals surface area contributed by atoms with Crippen molar-refractivity contribution in [2.24, 2.45) is 5.92 Å². The van der Waals surface area contributed by atoms with Crippen LogP contribution in [0.15, 0.2) is 30.3 Å². The number of nitrogens with zero attached hydrogens (tertiary/aromatic N) is 1. The van der Waals surface area contributed by atoms with Crippen molar-refractivity contribution in [3.05, 3.63) is 35.9 Å². The number of aliphatic hydroxyl groups excluding tert-OH is 1. The van der Waals surface area contributed by atoms with Crippen LogP contribution in [0, 0.1) is 5.92 Å². The molecule has 2 N–H and O–H groups in total. The van der Waals surface area contributed by atoms with Crippen LogP contribution in [0.25, 0.3) is 0 Å². The maximum absolute atomic E-state index is 12.4. The van der Waals surface area contributed by atoms with E-state index in [1.54, 1.807) is 0 Å². The van der Waals surface area contributed by atoms with E-state index in [9.17, 15) is 9.90 Å². The summed E-state index contributed by atoms with van der Waals surface area (Å²) in [6.07, 6.45) is 5.94. The van der Waals surface area contributed by atoms with Crippen molar-refractivity contribution in [2.75, 3.05) is 13.7 Å². The van der Waals surface area contributed by atoms with Crippen molar-refractivity contribution in [1.82, 2.24) is 10.2 Å². The number of hydrogen-bond acceptors (Lipinski definition) is 2. The molecule has 1 aliphatic carbocycles. The van der Waals surface area contributed by atoms with Gasteiger partial charge in [0.15, 0.2) is 0 Å². The number of benzene rings is 1. The Morgan fingerprint density at radius 1 is 1.26 bits per heavy atom. The fraction of sp³-hybridized carbons (Fsp3) is 0.632. The minimum atomic E-state index is 0.0259. The zero-order valence-electron chi connectivity index (χ0n) is 14.4. The normalized spacial score (nSPS) is 22.4. The molecular formula is C19H30N2O2. The Kier molecular flexibility index (Phi) is 6.90. The van der Waals surface area contributed by atoms with Gasteiger partial charge in [0.05, 0.1) is 0 Å². The summed E-state index contributed by atoms with van der Waals surface area (Å²) in [5.41, 5.74) is 1.31. The summed E-state index contributed by atoms with van der Waals surface area (Å²) in [5.74, 6) is 0.424. The summed E-state index contributed by atoms with van der Waals surface area (Å²) in [5, 5.41) is 12.3. The van der Waals surface area contributed by atoms with Crippen LogP contribution in [0.2, 0.25) is 0 Å². The molecule has 128 valence electrons. The lowest BCUT2D eigenvalue weighted by Gasteiger charge is -2.34. The van der Waals surface area contributed by atoms with Crippen LogP contribution in [-0.2, 0) is 6.42 Å². The van der Waals surface area contributed by atoms with Crippen LogP contribution < -0.4 is 5.32 Å². The van der Waals surface area contributed by atoms with Gasteiger partial charge < -0.3 is 15.3 Å². The van der Waals surface area contributed by atoms with Gasteiger partial charge in [0.25, 0.3) is 0 Å². The van der Waals surface area contributed by atoms with Gasteiger partial charge in [-0.05, 0) is 56.9 Å². The Labute approximate surface area is 139 Å². The highest BCUT2D eigenvalue weighted by Crippen LogP contribution is 2.26. The predicted molar refractivity (Wildman–Crippen MR) is 93.4 cm³/mol. The number of hydrogen-bond donors (Lipinski definition) is 2. The van der Waals surface area contributed by atoms with Gasteiger partial charge in [-0.2, -0.15) is 0 Å². The fourth-order valence-corrected chi connectivity index (χ4v) is 3.29. The van der Waals surface area contributed by atoms with Crippen molar-refractivity contribution < 1.29 is 9.90 Å². The standard InChI is InChI=1S/C19H30N2O2/c1-15(8-9-16-6-4-3-5-7-16)20-19(23)21(2)18-12-10-17(14-22)11-13-18/h3-7,15,17-18,22H,8-14H2,1-2H3,(H,20,23). The van der Waals surface area contributed by atoms with Crippen molar-refractivity contribution in [3.8, 4) is 0 Å². The Bertz CT molecular complexity index is 470. The number of nitrogens with one attached hydrogen (secondary N) is 1. The molecule has 0 radical (unpaired) electrons. The average Bonchev–Trinajstić information content (AvgIpc) is 2.60. The van der Waals surface area contributed by atoms with Crippen molar-refractivity contribution in [2.45, 2.75) is 57.5 Å². The SMILES string of the molecule is CC(CCc1ccccc1)NC(=O)N(C)C1CCC(CO)CC1. The second kappa shape index (κ2) is 8.92. The lowest BCUT2D eigenvalue weighted by atomic mass is 9.86. The Morgan fingerprint density at radius 3 is 2.52 bits per heavy atom. The summed E-state index contributed by atoms with van der Waals surface area (Å²) >= 11 is 0. The first kappa shape index (κ1) is 17.8. The topological polar surface area (TPSA) is 52.6 Å². The molecule has 4 nitrogen and oxygen atoms in total. The van der Waals surface area contributed by atoms with Crippen LogP contribution in [0.3, 0.4) is 0 Å². The molecule has 0 aromatic heterocycles. The van der Waals surface area contributed by atoms with Gasteiger partial charge in [-0.3, -0.25) is 0 Å². The van der Waals surface area contributed by atoms with Gasteiger partial charge in [0, 0.05) is 25.7 Å². The number of carbonyl (C=O) groups is 1. The van der Waals surface area contributed by atoms with Crippen LogP contribution in [0.1, 0.15) is 44.6 Å². The highest BCUT2D eigenvalue weighted by molar-refractivity contribution is 5.74. The quantitative estimate of drug-likeness (QED) is 0.846. The zero-order chi connectivity index (χ0) is 16.7. The molecule has 1 aromatic rings. The van der Waals surface area contributed by atoms with Gasteiger partial charge in [-0.15, -0.1) is 0 Å². The number of urea groups is 1. The smallest absolute Gasteiger partial charge is 0.317 e. The molecule has 1 atom stereocenters. The van der Waals surface area contributed by atoms with E-state index in [0.717, 1.165) is 38.5 Å². The molecule has 1 aromatic carbocycles. The fourth-order valence-electron chi connectivity index (χ4n) is 3.29. The Balaban J connectivity index is 1.72. The van der Waals surface area contributed by atoms with Crippen molar-refractivity contribution >= 4 is 6.03 Å². The number of carbonyl (C=O) groups excluding carboxylic acids is 1.